The summed E-state index contributed by atoms with van der Waals surface area (Å²) in [6.45, 7) is 5.76. The maximum atomic E-state index is 13.7. The monoisotopic (exact) mass is 432 g/mol. The molecule has 1 aliphatic rings. The molecule has 4 rings (SSSR count). The zero-order valence-corrected chi connectivity index (χ0v) is 18.5. The van der Waals surface area contributed by atoms with Gasteiger partial charge in [0, 0.05) is 23.4 Å². The Hall–Kier alpha value is -3.38. The second kappa shape index (κ2) is 8.04. The molecule has 0 fully saturated rings. The maximum Gasteiger partial charge on any atom is 0.270 e. The molecule has 1 N–H and O–H groups in total. The first kappa shape index (κ1) is 20.9. The van der Waals surface area contributed by atoms with Gasteiger partial charge in [-0.15, -0.1) is 0 Å². The summed E-state index contributed by atoms with van der Waals surface area (Å²) in [4.78, 5) is 13.3. The van der Waals surface area contributed by atoms with Gasteiger partial charge in [-0.3, -0.25) is 9.10 Å². The number of anilines is 2. The van der Waals surface area contributed by atoms with E-state index in [4.69, 9.17) is 0 Å². The van der Waals surface area contributed by atoms with Crippen molar-refractivity contribution < 1.29 is 13.2 Å². The van der Waals surface area contributed by atoms with Crippen molar-refractivity contribution in [3.63, 3.8) is 0 Å². The van der Waals surface area contributed by atoms with Crippen LogP contribution in [0, 0.1) is 13.8 Å². The van der Waals surface area contributed by atoms with Crippen molar-refractivity contribution in [1.82, 2.24) is 0 Å². The number of para-hydroxylation sites is 2. The SMILES string of the molecule is CCN1c2ccccc2C(c2ccccc2)=C(C(=O)Nc2c(C)cccc2C)S1(=O)=O. The molecule has 0 radical (unpaired) electrons. The minimum Gasteiger partial charge on any atom is -0.321 e. The highest BCUT2D eigenvalue weighted by Gasteiger charge is 2.40. The van der Waals surface area contributed by atoms with Crippen LogP contribution < -0.4 is 9.62 Å². The first-order valence-corrected chi connectivity index (χ1v) is 11.6. The largest absolute Gasteiger partial charge is 0.321 e. The third kappa shape index (κ3) is 3.53. The van der Waals surface area contributed by atoms with Crippen LogP contribution in [0.3, 0.4) is 0 Å². The smallest absolute Gasteiger partial charge is 0.270 e. The normalized spacial score (nSPS) is 14.9. The fraction of sp³-hybridized carbons (Fsp3) is 0.160. The standard InChI is InChI=1S/C25H24N2O3S/c1-4-27-21-16-9-8-15-20(21)22(19-13-6-5-7-14-19)24(31(27,29)30)25(28)26-23-17(2)11-10-12-18(23)3/h5-16H,4H2,1-3H3,(H,26,28). The summed E-state index contributed by atoms with van der Waals surface area (Å²) >= 11 is 0. The second-order valence-corrected chi connectivity index (χ2v) is 9.28. The minimum absolute atomic E-state index is 0.224. The van der Waals surface area contributed by atoms with Crippen molar-refractivity contribution in [2.75, 3.05) is 16.2 Å². The van der Waals surface area contributed by atoms with Gasteiger partial charge in [-0.2, -0.15) is 0 Å². The second-order valence-electron chi connectivity index (χ2n) is 7.48. The van der Waals surface area contributed by atoms with Gasteiger partial charge in [-0.25, -0.2) is 8.42 Å². The minimum atomic E-state index is -4.07. The molecule has 31 heavy (non-hydrogen) atoms. The van der Waals surface area contributed by atoms with Crippen molar-refractivity contribution in [2.45, 2.75) is 20.8 Å². The van der Waals surface area contributed by atoms with Gasteiger partial charge in [0.25, 0.3) is 15.9 Å². The summed E-state index contributed by atoms with van der Waals surface area (Å²) in [7, 11) is -4.07. The van der Waals surface area contributed by atoms with Crippen LogP contribution in [0.25, 0.3) is 5.57 Å². The van der Waals surface area contributed by atoms with Crippen LogP contribution in [0.1, 0.15) is 29.2 Å². The Bertz CT molecular complexity index is 1280. The number of amides is 1. The van der Waals surface area contributed by atoms with E-state index in [0.717, 1.165) is 16.7 Å². The first-order valence-electron chi connectivity index (χ1n) is 10.2. The zero-order valence-electron chi connectivity index (χ0n) is 17.7. The Kier molecular flexibility index (Phi) is 5.41. The summed E-state index contributed by atoms with van der Waals surface area (Å²) in [5.74, 6) is -0.635. The Morgan fingerprint density at radius 2 is 1.48 bits per heavy atom. The van der Waals surface area contributed by atoms with Crippen LogP contribution in [0.4, 0.5) is 11.4 Å². The van der Waals surface area contributed by atoms with Gasteiger partial charge >= 0.3 is 0 Å². The number of rotatable bonds is 4. The van der Waals surface area contributed by atoms with E-state index in [1.165, 1.54) is 4.31 Å². The van der Waals surface area contributed by atoms with Crippen LogP contribution in [-0.4, -0.2) is 20.9 Å². The lowest BCUT2D eigenvalue weighted by Crippen LogP contribution is -2.39. The average Bonchev–Trinajstić information content (AvgIpc) is 2.75. The van der Waals surface area contributed by atoms with E-state index in [1.807, 2.05) is 74.5 Å². The fourth-order valence-electron chi connectivity index (χ4n) is 4.04. The molecule has 0 aliphatic carbocycles. The molecule has 3 aromatic rings. The summed E-state index contributed by atoms with van der Waals surface area (Å²) < 4.78 is 28.7. The molecule has 1 aliphatic heterocycles. The summed E-state index contributed by atoms with van der Waals surface area (Å²) in [5, 5.41) is 2.88. The van der Waals surface area contributed by atoms with Crippen LogP contribution in [0.15, 0.2) is 77.7 Å². The van der Waals surface area contributed by atoms with E-state index < -0.39 is 15.9 Å². The molecule has 3 aromatic carbocycles. The predicted molar refractivity (Wildman–Crippen MR) is 125 cm³/mol. The van der Waals surface area contributed by atoms with Crippen LogP contribution in [-0.2, 0) is 14.8 Å². The number of aryl methyl sites for hydroxylation is 2. The molecule has 0 atom stereocenters. The molecular weight excluding hydrogens is 408 g/mol. The Morgan fingerprint density at radius 3 is 2.13 bits per heavy atom. The number of nitrogens with one attached hydrogen (secondary N) is 1. The fourth-order valence-corrected chi connectivity index (χ4v) is 5.79. The zero-order chi connectivity index (χ0) is 22.2. The molecule has 1 amide bonds. The quantitative estimate of drug-likeness (QED) is 0.640. The number of sulfonamides is 1. The number of carbonyl (C=O) groups is 1. The number of hydrogen-bond acceptors (Lipinski definition) is 3. The summed E-state index contributed by atoms with van der Waals surface area (Å²) in [6.07, 6.45) is 0. The van der Waals surface area contributed by atoms with Crippen LogP contribution in [0.5, 0.6) is 0 Å². The van der Waals surface area contributed by atoms with Crippen molar-refractivity contribution >= 4 is 32.9 Å². The Morgan fingerprint density at radius 1 is 0.871 bits per heavy atom. The molecule has 0 saturated heterocycles. The average molecular weight is 433 g/mol. The van der Waals surface area contributed by atoms with Gasteiger partial charge in [0.15, 0.2) is 4.91 Å². The third-order valence-electron chi connectivity index (χ3n) is 5.49. The molecular formula is C25H24N2O3S. The lowest BCUT2D eigenvalue weighted by molar-refractivity contribution is -0.112. The highest BCUT2D eigenvalue weighted by Crippen LogP contribution is 2.43. The molecule has 0 bridgehead atoms. The van der Waals surface area contributed by atoms with Crippen molar-refractivity contribution in [2.24, 2.45) is 0 Å². The van der Waals surface area contributed by atoms with Gasteiger partial charge < -0.3 is 5.32 Å². The first-order chi connectivity index (χ1) is 14.9. The molecule has 1 heterocycles. The Labute approximate surface area is 183 Å². The number of hydrogen-bond donors (Lipinski definition) is 1. The van der Waals surface area contributed by atoms with Crippen LogP contribution >= 0.6 is 0 Å². The molecule has 0 aromatic heterocycles. The van der Waals surface area contributed by atoms with E-state index in [-0.39, 0.29) is 11.4 Å². The van der Waals surface area contributed by atoms with E-state index in [0.29, 0.717) is 22.5 Å². The lowest BCUT2D eigenvalue weighted by atomic mass is 9.95. The maximum absolute atomic E-state index is 13.7. The highest BCUT2D eigenvalue weighted by molar-refractivity contribution is 7.97. The number of fused-ring (bicyclic) bond motifs is 1. The van der Waals surface area contributed by atoms with Gasteiger partial charge in [-0.1, -0.05) is 66.7 Å². The van der Waals surface area contributed by atoms with Gasteiger partial charge in [0.1, 0.15) is 0 Å². The number of benzene rings is 3. The molecule has 5 nitrogen and oxygen atoms in total. The molecule has 0 saturated carbocycles. The Balaban J connectivity index is 2.00. The third-order valence-corrected chi connectivity index (χ3v) is 7.43. The summed E-state index contributed by atoms with van der Waals surface area (Å²) in [5.41, 5.74) is 4.77. The van der Waals surface area contributed by atoms with Crippen LogP contribution in [0.2, 0.25) is 0 Å². The van der Waals surface area contributed by atoms with E-state index in [1.54, 1.807) is 19.1 Å². The van der Waals surface area contributed by atoms with Crippen molar-refractivity contribution in [1.29, 1.82) is 0 Å². The molecule has 158 valence electrons. The lowest BCUT2D eigenvalue weighted by Gasteiger charge is -2.32. The van der Waals surface area contributed by atoms with E-state index >= 15 is 0 Å². The molecule has 6 heteroatoms. The van der Waals surface area contributed by atoms with Gasteiger partial charge in [-0.05, 0) is 43.5 Å². The highest BCUT2D eigenvalue weighted by atomic mass is 32.2. The number of nitrogens with zero attached hydrogens (tertiary/aromatic N) is 1. The van der Waals surface area contributed by atoms with Crippen molar-refractivity contribution in [3.05, 3.63) is 100.0 Å². The van der Waals surface area contributed by atoms with Crippen molar-refractivity contribution in [3.8, 4) is 0 Å². The van der Waals surface area contributed by atoms with Gasteiger partial charge in [0.05, 0.1) is 5.69 Å². The predicted octanol–water partition coefficient (Wildman–Crippen LogP) is 4.87. The number of carbonyl (C=O) groups excluding carboxylic acids is 1. The summed E-state index contributed by atoms with van der Waals surface area (Å²) in [6, 6.07) is 22.2. The molecule has 0 spiro atoms. The molecule has 0 unspecified atom stereocenters. The van der Waals surface area contributed by atoms with E-state index in [2.05, 4.69) is 5.32 Å². The van der Waals surface area contributed by atoms with Gasteiger partial charge in [0.2, 0.25) is 0 Å². The topological polar surface area (TPSA) is 66.5 Å². The van der Waals surface area contributed by atoms with E-state index in [9.17, 15) is 13.2 Å².